The van der Waals surface area contributed by atoms with Crippen LogP contribution in [0.4, 0.5) is 10.1 Å². The van der Waals surface area contributed by atoms with E-state index >= 15 is 0 Å². The molecule has 2 aromatic rings. The Morgan fingerprint density at radius 2 is 1.67 bits per heavy atom. The molecule has 1 aliphatic rings. The molecule has 2 aromatic carbocycles. The summed E-state index contributed by atoms with van der Waals surface area (Å²) in [6.07, 6.45) is 1.77. The first kappa shape index (κ1) is 19.9. The smallest absolute Gasteiger partial charge is 0.243 e. The van der Waals surface area contributed by atoms with E-state index < -0.39 is 10.0 Å². The van der Waals surface area contributed by atoms with Crippen LogP contribution in [0, 0.1) is 5.82 Å². The largest absolute Gasteiger partial charge is 0.325 e. The Bertz CT molecular complexity index is 894. The fourth-order valence-corrected chi connectivity index (χ4v) is 5.19. The Hall–Kier alpha value is -1.90. The molecule has 0 aromatic heterocycles. The highest BCUT2D eigenvalue weighted by molar-refractivity contribution is 8.00. The molecule has 5 nitrogen and oxygen atoms in total. The molecule has 0 bridgehead atoms. The molecule has 144 valence electrons. The number of nitrogens with zero attached hydrogens (tertiary/aromatic N) is 1. The molecule has 1 heterocycles. The minimum absolute atomic E-state index is 0.209. The van der Waals surface area contributed by atoms with Crippen LogP contribution in [0.15, 0.2) is 58.3 Å². The molecule has 0 saturated carbocycles. The Labute approximate surface area is 163 Å². The van der Waals surface area contributed by atoms with Crippen LogP contribution < -0.4 is 5.32 Å². The molecular formula is C19H21FN2O3S2. The van der Waals surface area contributed by atoms with Gasteiger partial charge >= 0.3 is 0 Å². The third-order valence-electron chi connectivity index (χ3n) is 4.32. The molecule has 1 saturated heterocycles. The van der Waals surface area contributed by atoms with Gasteiger partial charge in [0.05, 0.1) is 10.1 Å². The van der Waals surface area contributed by atoms with Gasteiger partial charge in [0.15, 0.2) is 0 Å². The van der Waals surface area contributed by atoms with E-state index in [0.717, 1.165) is 17.7 Å². The van der Waals surface area contributed by atoms with Gasteiger partial charge in [-0.3, -0.25) is 4.79 Å². The lowest BCUT2D eigenvalue weighted by Crippen LogP contribution is -2.27. The molecular weight excluding hydrogens is 387 g/mol. The maximum Gasteiger partial charge on any atom is 0.243 e. The van der Waals surface area contributed by atoms with Crippen LogP contribution in [0.25, 0.3) is 0 Å². The van der Waals surface area contributed by atoms with Crippen LogP contribution in [-0.2, 0) is 14.8 Å². The van der Waals surface area contributed by atoms with Crippen LogP contribution in [0.5, 0.6) is 0 Å². The number of anilines is 1. The minimum atomic E-state index is -3.46. The molecule has 0 spiro atoms. The molecule has 1 amide bonds. The number of rotatable bonds is 6. The summed E-state index contributed by atoms with van der Waals surface area (Å²) < 4.78 is 39.5. The molecule has 8 heteroatoms. The number of nitrogens with one attached hydrogen (secondary N) is 1. The van der Waals surface area contributed by atoms with E-state index in [1.165, 1.54) is 40.3 Å². The number of sulfonamides is 1. The predicted molar refractivity (Wildman–Crippen MR) is 105 cm³/mol. The number of carbonyl (C=O) groups excluding carboxylic acids is 1. The van der Waals surface area contributed by atoms with Crippen molar-refractivity contribution < 1.29 is 17.6 Å². The maximum atomic E-state index is 13.0. The van der Waals surface area contributed by atoms with Crippen molar-refractivity contribution in [1.82, 2.24) is 4.31 Å². The van der Waals surface area contributed by atoms with Crippen LogP contribution in [0.2, 0.25) is 0 Å². The summed E-state index contributed by atoms with van der Waals surface area (Å²) in [5, 5.41) is 2.39. The van der Waals surface area contributed by atoms with Crippen LogP contribution in [-0.4, -0.2) is 37.0 Å². The van der Waals surface area contributed by atoms with Gasteiger partial charge in [0.1, 0.15) is 5.82 Å². The molecule has 1 atom stereocenters. The third-order valence-corrected chi connectivity index (χ3v) is 7.35. The van der Waals surface area contributed by atoms with Crippen molar-refractivity contribution in [1.29, 1.82) is 0 Å². The lowest BCUT2D eigenvalue weighted by atomic mass is 10.3. The highest BCUT2D eigenvalue weighted by Gasteiger charge is 2.27. The van der Waals surface area contributed by atoms with Gasteiger partial charge in [-0.1, -0.05) is 0 Å². The van der Waals surface area contributed by atoms with E-state index in [1.54, 1.807) is 31.2 Å². The van der Waals surface area contributed by atoms with Crippen LogP contribution in [0.3, 0.4) is 0 Å². The van der Waals surface area contributed by atoms with Crippen LogP contribution >= 0.6 is 11.8 Å². The molecule has 27 heavy (non-hydrogen) atoms. The van der Waals surface area contributed by atoms with E-state index in [9.17, 15) is 17.6 Å². The summed E-state index contributed by atoms with van der Waals surface area (Å²) in [6, 6.07) is 12.2. The second kappa shape index (κ2) is 8.41. The molecule has 0 unspecified atom stereocenters. The average Bonchev–Trinajstić information content (AvgIpc) is 3.19. The van der Waals surface area contributed by atoms with E-state index in [2.05, 4.69) is 5.32 Å². The van der Waals surface area contributed by atoms with E-state index in [4.69, 9.17) is 0 Å². The SMILES string of the molecule is C[C@H](Sc1ccc(F)cc1)C(=O)Nc1ccc(S(=O)(=O)N2CCCC2)cc1. The van der Waals surface area contributed by atoms with Crippen molar-refractivity contribution in [2.75, 3.05) is 18.4 Å². The van der Waals surface area contributed by atoms with Crippen molar-refractivity contribution in [3.8, 4) is 0 Å². The lowest BCUT2D eigenvalue weighted by Gasteiger charge is -2.16. The third kappa shape index (κ3) is 4.88. The Morgan fingerprint density at radius 1 is 1.07 bits per heavy atom. The number of amides is 1. The van der Waals surface area contributed by atoms with Gasteiger partial charge < -0.3 is 5.32 Å². The second-order valence-electron chi connectivity index (χ2n) is 6.34. The zero-order valence-corrected chi connectivity index (χ0v) is 16.5. The number of hydrogen-bond acceptors (Lipinski definition) is 4. The van der Waals surface area contributed by atoms with Gasteiger partial charge in [0.25, 0.3) is 0 Å². The van der Waals surface area contributed by atoms with E-state index in [0.29, 0.717) is 18.8 Å². The molecule has 1 N–H and O–H groups in total. The molecule has 1 aliphatic heterocycles. The monoisotopic (exact) mass is 408 g/mol. The van der Waals surface area contributed by atoms with Gasteiger partial charge in [-0.2, -0.15) is 4.31 Å². The summed E-state index contributed by atoms with van der Waals surface area (Å²) >= 11 is 1.32. The van der Waals surface area contributed by atoms with Crippen molar-refractivity contribution in [3.63, 3.8) is 0 Å². The summed E-state index contributed by atoms with van der Waals surface area (Å²) in [7, 11) is -3.46. The Kier molecular flexibility index (Phi) is 6.18. The van der Waals surface area contributed by atoms with Gasteiger partial charge in [-0.15, -0.1) is 11.8 Å². The van der Waals surface area contributed by atoms with Gasteiger partial charge in [-0.25, -0.2) is 12.8 Å². The topological polar surface area (TPSA) is 66.5 Å². The summed E-state index contributed by atoms with van der Waals surface area (Å²) in [5.74, 6) is -0.528. The first-order valence-corrected chi connectivity index (χ1v) is 11.0. The number of benzene rings is 2. The summed E-state index contributed by atoms with van der Waals surface area (Å²) in [6.45, 7) is 2.87. The fourth-order valence-electron chi connectivity index (χ4n) is 2.80. The lowest BCUT2D eigenvalue weighted by molar-refractivity contribution is -0.115. The number of halogens is 1. The molecule has 0 aliphatic carbocycles. The number of hydrogen-bond donors (Lipinski definition) is 1. The summed E-state index contributed by atoms with van der Waals surface area (Å²) in [4.78, 5) is 13.4. The van der Waals surface area contributed by atoms with E-state index in [1.807, 2.05) is 0 Å². The highest BCUT2D eigenvalue weighted by atomic mass is 32.2. The van der Waals surface area contributed by atoms with Crippen molar-refractivity contribution in [2.24, 2.45) is 0 Å². The van der Waals surface area contributed by atoms with Crippen molar-refractivity contribution in [2.45, 2.75) is 34.8 Å². The maximum absolute atomic E-state index is 13.0. The summed E-state index contributed by atoms with van der Waals surface area (Å²) in [5.41, 5.74) is 0.534. The highest BCUT2D eigenvalue weighted by Crippen LogP contribution is 2.25. The van der Waals surface area contributed by atoms with Crippen LogP contribution in [0.1, 0.15) is 19.8 Å². The fraction of sp³-hybridized carbons (Fsp3) is 0.316. The number of carbonyl (C=O) groups is 1. The van der Waals surface area contributed by atoms with Crippen molar-refractivity contribution in [3.05, 3.63) is 54.3 Å². The standard InChI is InChI=1S/C19H21FN2O3S2/c1-14(26-17-8-4-15(20)5-9-17)19(23)21-16-6-10-18(11-7-16)27(24,25)22-12-2-3-13-22/h4-11,14H,2-3,12-13H2,1H3,(H,21,23)/t14-/m0/s1. The first-order chi connectivity index (χ1) is 12.9. The predicted octanol–water partition coefficient (Wildman–Crippen LogP) is 3.73. The minimum Gasteiger partial charge on any atom is -0.325 e. The molecule has 3 rings (SSSR count). The van der Waals surface area contributed by atoms with Gasteiger partial charge in [0, 0.05) is 23.7 Å². The Balaban J connectivity index is 1.61. The average molecular weight is 409 g/mol. The zero-order valence-electron chi connectivity index (χ0n) is 14.9. The van der Waals surface area contributed by atoms with Crippen molar-refractivity contribution >= 4 is 33.4 Å². The quantitative estimate of drug-likeness (QED) is 0.740. The van der Waals surface area contributed by atoms with Gasteiger partial charge in [0.2, 0.25) is 15.9 Å². The molecule has 0 radical (unpaired) electrons. The second-order valence-corrected chi connectivity index (χ2v) is 9.69. The van der Waals surface area contributed by atoms with Gasteiger partial charge in [-0.05, 0) is 68.3 Å². The zero-order chi connectivity index (χ0) is 19.4. The van der Waals surface area contributed by atoms with E-state index in [-0.39, 0.29) is 21.9 Å². The normalized spacial score (nSPS) is 16.2. The Morgan fingerprint density at radius 3 is 2.26 bits per heavy atom. The molecule has 1 fully saturated rings. The first-order valence-electron chi connectivity index (χ1n) is 8.69. The number of thioether (sulfide) groups is 1.